The molecule has 0 bridgehead atoms. The minimum atomic E-state index is -1.17. The topological polar surface area (TPSA) is 160 Å². The van der Waals surface area contributed by atoms with Crippen LogP contribution >= 0.6 is 0 Å². The zero-order valence-electron chi connectivity index (χ0n) is 30.1. The highest BCUT2D eigenvalue weighted by molar-refractivity contribution is 5.90. The van der Waals surface area contributed by atoms with E-state index in [2.05, 4.69) is 16.0 Å². The first-order valence-corrected chi connectivity index (χ1v) is 17.6. The van der Waals surface area contributed by atoms with E-state index >= 15 is 0 Å². The van der Waals surface area contributed by atoms with Crippen molar-refractivity contribution >= 4 is 23.7 Å². The maximum Gasteiger partial charge on any atom is 0.306 e. The summed E-state index contributed by atoms with van der Waals surface area (Å²) in [5.74, 6) is -2.08. The Labute approximate surface area is 306 Å². The lowest BCUT2D eigenvalue weighted by Crippen LogP contribution is -2.54. The molecule has 10 heteroatoms. The predicted molar refractivity (Wildman–Crippen MR) is 201 cm³/mol. The normalized spacial score (nSPS) is 13.2. The monoisotopic (exact) mass is 706 g/mol. The second-order valence-corrected chi connectivity index (χ2v) is 13.8. The Balaban J connectivity index is 1.56. The first-order valence-electron chi connectivity index (χ1n) is 17.6. The standard InChI is InChI=1S/C42H50N4O6/c1-41(2,3)52-38(49)27-24-35(43)39(50)45-36(40(51)44-34(29-47)28-30-16-8-4-9-17-30)25-26-37(48)46-42(31-18-10-5-11-19-31,32-20-12-6-13-21-32)33-22-14-7-15-23-33/h4-23,34-36,47H,24-29,43H2,1-3H3,(H,44,51)(H,45,50)(H,46,48)/t34-,35-,36-/m0/s1. The quantitative estimate of drug-likeness (QED) is 0.0797. The number of rotatable bonds is 17. The van der Waals surface area contributed by atoms with Crippen LogP contribution in [0.25, 0.3) is 0 Å². The van der Waals surface area contributed by atoms with E-state index in [1.807, 2.05) is 121 Å². The highest BCUT2D eigenvalue weighted by Crippen LogP contribution is 2.37. The van der Waals surface area contributed by atoms with Gasteiger partial charge in [0.2, 0.25) is 17.7 Å². The Morgan fingerprint density at radius 3 is 1.62 bits per heavy atom. The summed E-state index contributed by atoms with van der Waals surface area (Å²) in [4.78, 5) is 53.4. The number of benzene rings is 4. The Morgan fingerprint density at radius 1 is 0.673 bits per heavy atom. The lowest BCUT2D eigenvalue weighted by Gasteiger charge is -2.37. The molecule has 274 valence electrons. The highest BCUT2D eigenvalue weighted by atomic mass is 16.6. The van der Waals surface area contributed by atoms with Crippen molar-refractivity contribution in [3.63, 3.8) is 0 Å². The molecule has 4 aromatic carbocycles. The molecule has 0 aliphatic rings. The van der Waals surface area contributed by atoms with Crippen molar-refractivity contribution in [1.29, 1.82) is 0 Å². The third kappa shape index (κ3) is 11.3. The number of hydrogen-bond donors (Lipinski definition) is 5. The summed E-state index contributed by atoms with van der Waals surface area (Å²) >= 11 is 0. The molecule has 4 aromatic rings. The third-order valence-corrected chi connectivity index (χ3v) is 8.55. The lowest BCUT2D eigenvalue weighted by atomic mass is 9.77. The maximum absolute atomic E-state index is 14.1. The van der Waals surface area contributed by atoms with Crippen molar-refractivity contribution in [3.8, 4) is 0 Å². The van der Waals surface area contributed by atoms with Gasteiger partial charge in [0.1, 0.15) is 17.2 Å². The van der Waals surface area contributed by atoms with Crippen LogP contribution in [0.5, 0.6) is 0 Å². The number of esters is 1. The Hall–Kier alpha value is -5.32. The van der Waals surface area contributed by atoms with Crippen LogP contribution in [0.15, 0.2) is 121 Å². The third-order valence-electron chi connectivity index (χ3n) is 8.55. The van der Waals surface area contributed by atoms with Gasteiger partial charge in [-0.3, -0.25) is 19.2 Å². The summed E-state index contributed by atoms with van der Waals surface area (Å²) in [6.07, 6.45) is 0.0572. The number of nitrogens with one attached hydrogen (secondary N) is 3. The molecule has 10 nitrogen and oxygen atoms in total. The van der Waals surface area contributed by atoms with Crippen molar-refractivity contribution < 1.29 is 29.0 Å². The van der Waals surface area contributed by atoms with Crippen LogP contribution in [0, 0.1) is 0 Å². The zero-order valence-corrected chi connectivity index (χ0v) is 30.1. The molecule has 0 aliphatic heterocycles. The highest BCUT2D eigenvalue weighted by Gasteiger charge is 2.38. The van der Waals surface area contributed by atoms with Gasteiger partial charge in [-0.05, 0) is 62.3 Å². The summed E-state index contributed by atoms with van der Waals surface area (Å²) in [5.41, 5.74) is 7.84. The second kappa shape index (κ2) is 18.8. The number of ether oxygens (including phenoxy) is 1. The summed E-state index contributed by atoms with van der Waals surface area (Å²) in [6, 6.07) is 35.4. The molecule has 0 spiro atoms. The molecule has 0 unspecified atom stereocenters. The zero-order chi connectivity index (χ0) is 37.6. The van der Waals surface area contributed by atoms with Crippen molar-refractivity contribution in [2.75, 3.05) is 6.61 Å². The van der Waals surface area contributed by atoms with Gasteiger partial charge in [0, 0.05) is 12.8 Å². The fourth-order valence-electron chi connectivity index (χ4n) is 6.03. The van der Waals surface area contributed by atoms with Crippen LogP contribution in [0.2, 0.25) is 0 Å². The molecular weight excluding hydrogens is 656 g/mol. The minimum absolute atomic E-state index is 0.00338. The van der Waals surface area contributed by atoms with Crippen LogP contribution in [0.4, 0.5) is 0 Å². The first kappa shape index (κ1) is 39.5. The molecule has 52 heavy (non-hydrogen) atoms. The van der Waals surface area contributed by atoms with Gasteiger partial charge in [-0.15, -0.1) is 0 Å². The maximum atomic E-state index is 14.1. The Bertz CT molecular complexity index is 1630. The molecule has 4 rings (SSSR count). The van der Waals surface area contributed by atoms with E-state index in [1.54, 1.807) is 20.8 Å². The number of carbonyl (C=O) groups excluding carboxylic acids is 4. The van der Waals surface area contributed by atoms with E-state index < -0.39 is 47.0 Å². The van der Waals surface area contributed by atoms with Crippen molar-refractivity contribution in [2.24, 2.45) is 5.73 Å². The van der Waals surface area contributed by atoms with Crippen molar-refractivity contribution in [2.45, 2.75) is 82.1 Å². The average molecular weight is 707 g/mol. The van der Waals surface area contributed by atoms with Crippen LogP contribution in [0.1, 0.15) is 68.7 Å². The number of aliphatic hydroxyl groups excluding tert-OH is 1. The van der Waals surface area contributed by atoms with Gasteiger partial charge >= 0.3 is 5.97 Å². The minimum Gasteiger partial charge on any atom is -0.460 e. The van der Waals surface area contributed by atoms with Crippen molar-refractivity contribution in [1.82, 2.24) is 16.0 Å². The summed E-state index contributed by atoms with van der Waals surface area (Å²) in [7, 11) is 0. The lowest BCUT2D eigenvalue weighted by molar-refractivity contribution is -0.155. The fourth-order valence-corrected chi connectivity index (χ4v) is 6.03. The largest absolute Gasteiger partial charge is 0.460 e. The number of carbonyl (C=O) groups is 4. The summed E-state index contributed by atoms with van der Waals surface area (Å²) < 4.78 is 5.33. The van der Waals surface area contributed by atoms with E-state index in [9.17, 15) is 24.3 Å². The predicted octanol–water partition coefficient (Wildman–Crippen LogP) is 4.53. The van der Waals surface area contributed by atoms with E-state index in [0.29, 0.717) is 6.42 Å². The number of amides is 3. The molecule has 0 saturated heterocycles. The van der Waals surface area contributed by atoms with E-state index in [-0.39, 0.29) is 38.2 Å². The van der Waals surface area contributed by atoms with Gasteiger partial charge in [0.25, 0.3) is 0 Å². The molecule has 0 saturated carbocycles. The van der Waals surface area contributed by atoms with Gasteiger partial charge in [-0.1, -0.05) is 121 Å². The van der Waals surface area contributed by atoms with E-state index in [1.165, 1.54) is 0 Å². The number of nitrogens with two attached hydrogens (primary N) is 1. The Morgan fingerprint density at radius 2 is 1.15 bits per heavy atom. The van der Waals surface area contributed by atoms with Gasteiger partial charge in [-0.25, -0.2) is 0 Å². The molecule has 3 amide bonds. The van der Waals surface area contributed by atoms with Crippen LogP contribution in [0.3, 0.4) is 0 Å². The van der Waals surface area contributed by atoms with Crippen LogP contribution in [-0.2, 0) is 35.9 Å². The molecule has 0 fully saturated rings. The summed E-state index contributed by atoms with van der Waals surface area (Å²) in [5, 5.41) is 19.0. The smallest absolute Gasteiger partial charge is 0.306 e. The molecule has 3 atom stereocenters. The van der Waals surface area contributed by atoms with Gasteiger partial charge in [0.05, 0.1) is 18.7 Å². The van der Waals surface area contributed by atoms with Crippen LogP contribution in [-0.4, -0.2) is 59.1 Å². The summed E-state index contributed by atoms with van der Waals surface area (Å²) in [6.45, 7) is 4.90. The number of hydrogen-bond acceptors (Lipinski definition) is 7. The molecule has 0 heterocycles. The molecule has 6 N–H and O–H groups in total. The molecular formula is C42H50N4O6. The molecule has 0 aromatic heterocycles. The van der Waals surface area contributed by atoms with E-state index in [0.717, 1.165) is 22.3 Å². The van der Waals surface area contributed by atoms with Gasteiger partial charge in [-0.2, -0.15) is 0 Å². The molecule has 0 radical (unpaired) electrons. The average Bonchev–Trinajstić information content (AvgIpc) is 3.14. The van der Waals surface area contributed by atoms with Crippen molar-refractivity contribution in [3.05, 3.63) is 144 Å². The Kier molecular flexibility index (Phi) is 14.3. The molecule has 0 aliphatic carbocycles. The van der Waals surface area contributed by atoms with Gasteiger partial charge in [0.15, 0.2) is 0 Å². The van der Waals surface area contributed by atoms with Crippen LogP contribution < -0.4 is 21.7 Å². The SMILES string of the molecule is CC(C)(C)OC(=O)CC[C@H](N)C(=O)N[C@@H](CCC(=O)NC(c1ccccc1)(c1ccccc1)c1ccccc1)C(=O)N[C@H](CO)Cc1ccccc1. The van der Waals surface area contributed by atoms with E-state index in [4.69, 9.17) is 10.5 Å². The first-order chi connectivity index (χ1) is 24.9. The number of aliphatic hydroxyl groups is 1. The fraction of sp³-hybridized carbons (Fsp3) is 0.333. The second-order valence-electron chi connectivity index (χ2n) is 13.8. The van der Waals surface area contributed by atoms with Gasteiger partial charge < -0.3 is 31.5 Å².